The number of halogens is 1. The Balaban J connectivity index is 2.14. The Hall–Kier alpha value is -1.26. The number of anilines is 1. The van der Waals surface area contributed by atoms with Crippen LogP contribution in [0, 0.1) is 0 Å². The Morgan fingerprint density at radius 1 is 1.22 bits per heavy atom. The first-order chi connectivity index (χ1) is 8.56. The van der Waals surface area contributed by atoms with Gasteiger partial charge in [-0.05, 0) is 38.2 Å². The average molecular weight is 268 g/mol. The summed E-state index contributed by atoms with van der Waals surface area (Å²) in [7, 11) is 2.07. The summed E-state index contributed by atoms with van der Waals surface area (Å²) in [4.78, 5) is 16.5. The monoisotopic (exact) mass is 267 g/mol. The van der Waals surface area contributed by atoms with Crippen LogP contribution in [-0.2, 0) is 0 Å². The maximum absolute atomic E-state index is 12.4. The van der Waals surface area contributed by atoms with Crippen LogP contribution in [0.1, 0.15) is 16.8 Å². The molecule has 2 rings (SSSR count). The van der Waals surface area contributed by atoms with Crippen LogP contribution in [0.5, 0.6) is 0 Å². The molecule has 98 valence electrons. The first-order valence-electron chi connectivity index (χ1n) is 6.10. The first kappa shape index (κ1) is 13.2. The van der Waals surface area contributed by atoms with Gasteiger partial charge in [0.25, 0.3) is 5.91 Å². The molecule has 1 aromatic carbocycles. The van der Waals surface area contributed by atoms with Crippen molar-refractivity contribution >= 4 is 23.2 Å². The lowest BCUT2D eigenvalue weighted by Gasteiger charge is -2.20. The fraction of sp³-hybridized carbons (Fsp3) is 0.462. The number of benzene rings is 1. The van der Waals surface area contributed by atoms with Gasteiger partial charge in [-0.15, -0.1) is 0 Å². The third-order valence-electron chi connectivity index (χ3n) is 3.17. The molecule has 1 aliphatic rings. The summed E-state index contributed by atoms with van der Waals surface area (Å²) >= 11 is 5.93. The van der Waals surface area contributed by atoms with Crippen molar-refractivity contribution in [1.29, 1.82) is 0 Å². The van der Waals surface area contributed by atoms with Crippen molar-refractivity contribution in [2.75, 3.05) is 39.0 Å². The van der Waals surface area contributed by atoms with Gasteiger partial charge in [0.2, 0.25) is 0 Å². The highest BCUT2D eigenvalue weighted by Gasteiger charge is 2.19. The molecule has 1 fully saturated rings. The van der Waals surface area contributed by atoms with Crippen molar-refractivity contribution in [3.05, 3.63) is 28.8 Å². The molecule has 1 saturated heterocycles. The maximum Gasteiger partial charge on any atom is 0.254 e. The summed E-state index contributed by atoms with van der Waals surface area (Å²) in [6, 6.07) is 5.01. The zero-order valence-electron chi connectivity index (χ0n) is 10.5. The van der Waals surface area contributed by atoms with E-state index in [0.717, 1.165) is 32.6 Å². The van der Waals surface area contributed by atoms with E-state index >= 15 is 0 Å². The first-order valence-corrected chi connectivity index (χ1v) is 6.48. The summed E-state index contributed by atoms with van der Waals surface area (Å²) in [5.74, 6) is 0.0134. The Morgan fingerprint density at radius 3 is 2.72 bits per heavy atom. The molecule has 1 heterocycles. The quantitative estimate of drug-likeness (QED) is 0.788. The fourth-order valence-corrected chi connectivity index (χ4v) is 2.41. The molecule has 18 heavy (non-hydrogen) atoms. The maximum atomic E-state index is 12.4. The molecular weight excluding hydrogens is 250 g/mol. The smallest absolute Gasteiger partial charge is 0.254 e. The highest BCUT2D eigenvalue weighted by molar-refractivity contribution is 6.31. The lowest BCUT2D eigenvalue weighted by molar-refractivity contribution is 0.0763. The largest absolute Gasteiger partial charge is 0.399 e. The summed E-state index contributed by atoms with van der Waals surface area (Å²) < 4.78 is 0. The molecule has 0 saturated carbocycles. The van der Waals surface area contributed by atoms with E-state index in [9.17, 15) is 4.79 Å². The van der Waals surface area contributed by atoms with Gasteiger partial charge in [0, 0.05) is 35.9 Å². The van der Waals surface area contributed by atoms with E-state index in [1.165, 1.54) is 0 Å². The lowest BCUT2D eigenvalue weighted by Crippen LogP contribution is -2.34. The molecule has 1 amide bonds. The van der Waals surface area contributed by atoms with Gasteiger partial charge in [-0.25, -0.2) is 0 Å². The molecule has 0 aromatic heterocycles. The second-order valence-corrected chi connectivity index (χ2v) is 5.16. The highest BCUT2D eigenvalue weighted by Crippen LogP contribution is 2.18. The Kier molecular flexibility index (Phi) is 4.09. The van der Waals surface area contributed by atoms with Crippen molar-refractivity contribution in [2.45, 2.75) is 6.42 Å². The normalized spacial score (nSPS) is 17.6. The number of rotatable bonds is 1. The molecule has 1 aliphatic heterocycles. The van der Waals surface area contributed by atoms with Crippen molar-refractivity contribution in [3.63, 3.8) is 0 Å². The van der Waals surface area contributed by atoms with E-state index in [4.69, 9.17) is 17.3 Å². The van der Waals surface area contributed by atoms with Crippen molar-refractivity contribution in [2.24, 2.45) is 0 Å². The lowest BCUT2D eigenvalue weighted by atomic mass is 10.1. The number of likely N-dealkylation sites (N-methyl/N-ethyl adjacent to an activating group) is 1. The average Bonchev–Trinajstić information content (AvgIpc) is 2.52. The zero-order chi connectivity index (χ0) is 13.1. The standard InChI is InChI=1S/C13H18ClN3O/c1-16-3-2-4-17(6-5-16)13(18)10-7-11(14)9-12(15)8-10/h7-9H,2-6,15H2,1H3. The third-order valence-corrected chi connectivity index (χ3v) is 3.39. The summed E-state index contributed by atoms with van der Waals surface area (Å²) in [6.07, 6.45) is 0.998. The van der Waals surface area contributed by atoms with Crippen molar-refractivity contribution in [1.82, 2.24) is 9.80 Å². The van der Waals surface area contributed by atoms with E-state index in [0.29, 0.717) is 16.3 Å². The molecule has 0 unspecified atom stereocenters. The predicted molar refractivity (Wildman–Crippen MR) is 73.9 cm³/mol. The van der Waals surface area contributed by atoms with Crippen LogP contribution in [0.25, 0.3) is 0 Å². The predicted octanol–water partition coefficient (Wildman–Crippen LogP) is 1.70. The van der Waals surface area contributed by atoms with Crippen LogP contribution in [0.2, 0.25) is 5.02 Å². The number of hydrogen-bond acceptors (Lipinski definition) is 3. The molecule has 0 aliphatic carbocycles. The van der Waals surface area contributed by atoms with Crippen LogP contribution in [0.4, 0.5) is 5.69 Å². The molecule has 4 nitrogen and oxygen atoms in total. The van der Waals surface area contributed by atoms with Gasteiger partial charge >= 0.3 is 0 Å². The second-order valence-electron chi connectivity index (χ2n) is 4.72. The van der Waals surface area contributed by atoms with Gasteiger partial charge in [-0.3, -0.25) is 4.79 Å². The van der Waals surface area contributed by atoms with Gasteiger partial charge in [0.05, 0.1) is 0 Å². The van der Waals surface area contributed by atoms with E-state index in [2.05, 4.69) is 11.9 Å². The van der Waals surface area contributed by atoms with Gasteiger partial charge in [-0.1, -0.05) is 11.6 Å². The fourth-order valence-electron chi connectivity index (χ4n) is 2.17. The molecule has 1 aromatic rings. The number of nitrogens with zero attached hydrogens (tertiary/aromatic N) is 2. The SMILES string of the molecule is CN1CCCN(C(=O)c2cc(N)cc(Cl)c2)CC1. The molecule has 2 N–H and O–H groups in total. The number of nitrogens with two attached hydrogens (primary N) is 1. The van der Waals surface area contributed by atoms with Gasteiger partial charge in [0.15, 0.2) is 0 Å². The van der Waals surface area contributed by atoms with Gasteiger partial charge in [-0.2, -0.15) is 0 Å². The van der Waals surface area contributed by atoms with Crippen LogP contribution < -0.4 is 5.73 Å². The number of amides is 1. The van der Waals surface area contributed by atoms with E-state index in [-0.39, 0.29) is 5.91 Å². The molecular formula is C13H18ClN3O. The molecule has 0 atom stereocenters. The number of carbonyl (C=O) groups is 1. The Labute approximate surface area is 112 Å². The second kappa shape index (κ2) is 5.59. The number of hydrogen-bond donors (Lipinski definition) is 1. The summed E-state index contributed by atoms with van der Waals surface area (Å²) in [6.45, 7) is 3.47. The number of carbonyl (C=O) groups excluding carboxylic acids is 1. The van der Waals surface area contributed by atoms with Crippen LogP contribution >= 0.6 is 11.6 Å². The minimum absolute atomic E-state index is 0.0134. The topological polar surface area (TPSA) is 49.6 Å². The van der Waals surface area contributed by atoms with Crippen molar-refractivity contribution < 1.29 is 4.79 Å². The zero-order valence-corrected chi connectivity index (χ0v) is 11.3. The van der Waals surface area contributed by atoms with Crippen LogP contribution in [0.15, 0.2) is 18.2 Å². The molecule has 0 spiro atoms. The minimum atomic E-state index is 0.0134. The highest BCUT2D eigenvalue weighted by atomic mass is 35.5. The Bertz CT molecular complexity index is 430. The molecule has 0 bridgehead atoms. The Morgan fingerprint density at radius 2 is 2.00 bits per heavy atom. The summed E-state index contributed by atoms with van der Waals surface area (Å²) in [5, 5.41) is 0.505. The molecule has 5 heteroatoms. The molecule has 0 radical (unpaired) electrons. The number of nitrogen functional groups attached to an aromatic ring is 1. The van der Waals surface area contributed by atoms with Gasteiger partial charge in [0.1, 0.15) is 0 Å². The van der Waals surface area contributed by atoms with E-state index in [1.54, 1.807) is 18.2 Å². The minimum Gasteiger partial charge on any atom is -0.399 e. The van der Waals surface area contributed by atoms with Crippen LogP contribution in [0.3, 0.4) is 0 Å². The third kappa shape index (κ3) is 3.15. The van der Waals surface area contributed by atoms with E-state index in [1.807, 2.05) is 4.90 Å². The summed E-state index contributed by atoms with van der Waals surface area (Å²) in [5.41, 5.74) is 6.82. The van der Waals surface area contributed by atoms with Crippen LogP contribution in [-0.4, -0.2) is 48.9 Å². The van der Waals surface area contributed by atoms with Crippen molar-refractivity contribution in [3.8, 4) is 0 Å². The van der Waals surface area contributed by atoms with Gasteiger partial charge < -0.3 is 15.5 Å². The van der Waals surface area contributed by atoms with E-state index < -0.39 is 0 Å².